The van der Waals surface area contributed by atoms with Crippen molar-refractivity contribution in [1.29, 1.82) is 0 Å². The molecule has 0 aliphatic rings. The summed E-state index contributed by atoms with van der Waals surface area (Å²) in [5.74, 6) is -1.36. The van der Waals surface area contributed by atoms with Gasteiger partial charge in [-0.1, -0.05) is 0 Å². The van der Waals surface area contributed by atoms with E-state index in [9.17, 15) is 9.59 Å². The molecule has 6 nitrogen and oxygen atoms in total. The van der Waals surface area contributed by atoms with Crippen LogP contribution < -0.4 is 10.6 Å². The molecule has 0 saturated heterocycles. The number of carboxylic acid groups (broad SMARTS) is 1. The van der Waals surface area contributed by atoms with E-state index in [0.29, 0.717) is 11.4 Å². The Bertz CT molecular complexity index is 625. The predicted octanol–water partition coefficient (Wildman–Crippen LogP) is 1.70. The van der Waals surface area contributed by atoms with Gasteiger partial charge < -0.3 is 15.7 Å². The number of thiazole rings is 1. The smallest absolute Gasteiger partial charge is 0.335 e. The Hall–Kier alpha value is -2.41. The Labute approximate surface area is 113 Å². The van der Waals surface area contributed by atoms with Crippen LogP contribution in [-0.2, 0) is 0 Å². The lowest BCUT2D eigenvalue weighted by Crippen LogP contribution is -2.27. The highest BCUT2D eigenvalue weighted by molar-refractivity contribution is 7.07. The molecule has 0 aliphatic heterocycles. The minimum Gasteiger partial charge on any atom is -0.478 e. The summed E-state index contributed by atoms with van der Waals surface area (Å²) in [5, 5.41) is 10.5. The molecule has 0 saturated carbocycles. The molecule has 0 radical (unpaired) electrons. The molecule has 0 unspecified atom stereocenters. The van der Waals surface area contributed by atoms with Gasteiger partial charge in [-0.15, -0.1) is 11.3 Å². The van der Waals surface area contributed by atoms with Gasteiger partial charge in [-0.05, 0) is 18.2 Å². The third kappa shape index (κ3) is 2.55. The van der Waals surface area contributed by atoms with Crippen molar-refractivity contribution in [3.05, 3.63) is 40.3 Å². The average molecular weight is 277 g/mol. The summed E-state index contributed by atoms with van der Waals surface area (Å²) < 4.78 is 0. The van der Waals surface area contributed by atoms with E-state index in [1.54, 1.807) is 17.9 Å². The quantitative estimate of drug-likeness (QED) is 0.832. The van der Waals surface area contributed by atoms with Gasteiger partial charge in [-0.3, -0.25) is 4.79 Å². The van der Waals surface area contributed by atoms with Gasteiger partial charge in [0.25, 0.3) is 5.91 Å². The second-order valence-electron chi connectivity index (χ2n) is 3.82. The molecular weight excluding hydrogens is 266 g/mol. The fraction of sp³-hybridized carbons (Fsp3) is 0.0833. The van der Waals surface area contributed by atoms with Crippen LogP contribution in [-0.4, -0.2) is 29.0 Å². The molecule has 0 aliphatic carbocycles. The number of rotatable bonds is 3. The lowest BCUT2D eigenvalue weighted by Gasteiger charge is -2.18. The van der Waals surface area contributed by atoms with E-state index in [4.69, 9.17) is 10.8 Å². The first kappa shape index (κ1) is 13.0. The summed E-state index contributed by atoms with van der Waals surface area (Å²) in [7, 11) is 1.56. The molecule has 2 rings (SSSR count). The first-order chi connectivity index (χ1) is 9.00. The van der Waals surface area contributed by atoms with E-state index in [2.05, 4.69) is 4.98 Å². The summed E-state index contributed by atoms with van der Waals surface area (Å²) >= 11 is 1.32. The Balaban J connectivity index is 2.32. The minimum atomic E-state index is -1.06. The number of hydrogen-bond donors (Lipinski definition) is 2. The van der Waals surface area contributed by atoms with Crippen molar-refractivity contribution in [2.75, 3.05) is 17.7 Å². The zero-order valence-electron chi connectivity index (χ0n) is 10.0. The number of nitrogen functional groups attached to an aromatic ring is 1. The molecule has 1 heterocycles. The summed E-state index contributed by atoms with van der Waals surface area (Å²) in [6, 6.07) is 4.23. The van der Waals surface area contributed by atoms with Crippen LogP contribution in [0.5, 0.6) is 0 Å². The van der Waals surface area contributed by atoms with E-state index in [1.165, 1.54) is 34.4 Å². The van der Waals surface area contributed by atoms with Gasteiger partial charge in [0.05, 0.1) is 22.4 Å². The number of nitrogens with zero attached hydrogens (tertiary/aromatic N) is 2. The molecule has 0 spiro atoms. The Morgan fingerprint density at radius 1 is 1.42 bits per heavy atom. The molecule has 0 atom stereocenters. The second kappa shape index (κ2) is 5.07. The molecule has 19 heavy (non-hydrogen) atoms. The number of hydrogen-bond acceptors (Lipinski definition) is 5. The standard InChI is InChI=1S/C12H11N3O3S/c1-15(11(16)9-5-19-6-14-9)10-3-2-7(12(17)18)4-8(10)13/h2-6H,13H2,1H3,(H,17,18). The number of nitrogens with two attached hydrogens (primary N) is 1. The van der Waals surface area contributed by atoms with Crippen molar-refractivity contribution in [2.45, 2.75) is 0 Å². The van der Waals surface area contributed by atoms with E-state index in [0.717, 1.165) is 0 Å². The Morgan fingerprint density at radius 3 is 2.68 bits per heavy atom. The number of carboxylic acids is 1. The average Bonchev–Trinajstić information content (AvgIpc) is 2.90. The van der Waals surface area contributed by atoms with Crippen molar-refractivity contribution >= 4 is 34.6 Å². The van der Waals surface area contributed by atoms with Crippen molar-refractivity contribution in [3.63, 3.8) is 0 Å². The summed E-state index contributed by atoms with van der Waals surface area (Å²) in [6.45, 7) is 0. The zero-order valence-corrected chi connectivity index (χ0v) is 10.8. The van der Waals surface area contributed by atoms with Gasteiger partial charge >= 0.3 is 5.97 Å². The SMILES string of the molecule is CN(C(=O)c1cscn1)c1ccc(C(=O)O)cc1N. The van der Waals surface area contributed by atoms with Crippen LogP contribution in [0.2, 0.25) is 0 Å². The first-order valence-corrected chi connectivity index (χ1v) is 6.24. The number of aromatic nitrogens is 1. The normalized spacial score (nSPS) is 10.2. The fourth-order valence-corrected chi connectivity index (χ4v) is 2.12. The van der Waals surface area contributed by atoms with Crippen LogP contribution in [0.15, 0.2) is 29.1 Å². The van der Waals surface area contributed by atoms with Gasteiger partial charge in [0.2, 0.25) is 0 Å². The maximum absolute atomic E-state index is 12.1. The monoisotopic (exact) mass is 277 g/mol. The van der Waals surface area contributed by atoms with Crippen LogP contribution >= 0.6 is 11.3 Å². The summed E-state index contributed by atoms with van der Waals surface area (Å²) in [6.07, 6.45) is 0. The van der Waals surface area contributed by atoms with E-state index >= 15 is 0 Å². The molecule has 7 heteroatoms. The number of amides is 1. The van der Waals surface area contributed by atoms with Crippen molar-refractivity contribution in [2.24, 2.45) is 0 Å². The fourth-order valence-electron chi connectivity index (χ4n) is 1.59. The number of anilines is 2. The largest absolute Gasteiger partial charge is 0.478 e. The van der Waals surface area contributed by atoms with Crippen molar-refractivity contribution in [1.82, 2.24) is 4.98 Å². The van der Waals surface area contributed by atoms with Crippen LogP contribution in [0.3, 0.4) is 0 Å². The molecule has 0 bridgehead atoms. The maximum Gasteiger partial charge on any atom is 0.335 e. The highest BCUT2D eigenvalue weighted by atomic mass is 32.1. The van der Waals surface area contributed by atoms with E-state index in [1.807, 2.05) is 0 Å². The molecule has 0 fully saturated rings. The summed E-state index contributed by atoms with van der Waals surface area (Å²) in [4.78, 5) is 28.2. The predicted molar refractivity (Wildman–Crippen MR) is 72.7 cm³/mol. The highest BCUT2D eigenvalue weighted by Crippen LogP contribution is 2.24. The molecule has 1 amide bonds. The molecule has 3 N–H and O–H groups in total. The van der Waals surface area contributed by atoms with Gasteiger partial charge in [-0.2, -0.15) is 0 Å². The van der Waals surface area contributed by atoms with Crippen LogP contribution in [0.1, 0.15) is 20.8 Å². The van der Waals surface area contributed by atoms with Crippen molar-refractivity contribution in [3.8, 4) is 0 Å². The van der Waals surface area contributed by atoms with Gasteiger partial charge in [0.1, 0.15) is 5.69 Å². The van der Waals surface area contributed by atoms with Crippen LogP contribution in [0.25, 0.3) is 0 Å². The molecule has 1 aromatic carbocycles. The topological polar surface area (TPSA) is 96.5 Å². The number of benzene rings is 1. The number of carbonyl (C=O) groups excluding carboxylic acids is 1. The molecule has 98 valence electrons. The third-order valence-electron chi connectivity index (χ3n) is 2.59. The first-order valence-electron chi connectivity index (χ1n) is 5.29. The third-order valence-corrected chi connectivity index (χ3v) is 3.18. The second-order valence-corrected chi connectivity index (χ2v) is 4.54. The van der Waals surface area contributed by atoms with Gasteiger partial charge in [0, 0.05) is 12.4 Å². The lowest BCUT2D eigenvalue weighted by atomic mass is 10.1. The van der Waals surface area contributed by atoms with Gasteiger partial charge in [0.15, 0.2) is 0 Å². The van der Waals surface area contributed by atoms with Crippen LogP contribution in [0, 0.1) is 0 Å². The Morgan fingerprint density at radius 2 is 2.16 bits per heavy atom. The number of aromatic carboxylic acids is 1. The van der Waals surface area contributed by atoms with E-state index < -0.39 is 5.97 Å². The maximum atomic E-state index is 12.1. The summed E-state index contributed by atoms with van der Waals surface area (Å²) in [5.41, 5.74) is 8.43. The molecule has 1 aromatic heterocycles. The van der Waals surface area contributed by atoms with Crippen molar-refractivity contribution < 1.29 is 14.7 Å². The Kier molecular flexibility index (Phi) is 3.48. The zero-order chi connectivity index (χ0) is 14.0. The lowest BCUT2D eigenvalue weighted by molar-refractivity contribution is 0.0697. The molecule has 2 aromatic rings. The van der Waals surface area contributed by atoms with Crippen LogP contribution in [0.4, 0.5) is 11.4 Å². The number of carbonyl (C=O) groups is 2. The molecular formula is C12H11N3O3S. The highest BCUT2D eigenvalue weighted by Gasteiger charge is 2.18. The minimum absolute atomic E-state index is 0.0794. The van der Waals surface area contributed by atoms with E-state index in [-0.39, 0.29) is 17.2 Å². The van der Waals surface area contributed by atoms with Gasteiger partial charge in [-0.25, -0.2) is 9.78 Å².